The number of aliphatic imine (C=N–C) groups is 1. The van der Waals surface area contributed by atoms with Gasteiger partial charge in [0.2, 0.25) is 0 Å². The van der Waals surface area contributed by atoms with Gasteiger partial charge in [-0.15, -0.1) is 0 Å². The Morgan fingerprint density at radius 1 is 1.19 bits per heavy atom. The first-order chi connectivity index (χ1) is 13.3. The monoisotopic (exact) mass is 363 g/mol. The molecule has 0 bridgehead atoms. The molecule has 2 aromatic heterocycles. The third-order valence-electron chi connectivity index (χ3n) is 4.77. The maximum Gasteiger partial charge on any atom is 0.190 e. The molecule has 0 atom stereocenters. The number of hydrogen-bond acceptors (Lipinski definition) is 3. The summed E-state index contributed by atoms with van der Waals surface area (Å²) in [6, 6.07) is 12.5. The summed E-state index contributed by atoms with van der Waals surface area (Å²) in [7, 11) is 1.80. The quantitative estimate of drug-likeness (QED) is 0.521. The maximum absolute atomic E-state index is 5.56. The van der Waals surface area contributed by atoms with Crippen LogP contribution >= 0.6 is 0 Å². The molecule has 3 aromatic rings. The standard InChI is InChI=1S/C21H25N5O/c1-22-21(23-10-7-16-5-6-19-17(14-16)9-13-27-19)24-11-8-18-15-26-12-3-2-4-20(26)25-18/h2-6,12,14-15H,7-11,13H2,1H3,(H2,22,23,24). The number of imidazole rings is 1. The topological polar surface area (TPSA) is 63.0 Å². The second kappa shape index (κ2) is 8.12. The van der Waals surface area contributed by atoms with E-state index in [0.717, 1.165) is 62.0 Å². The van der Waals surface area contributed by atoms with Crippen molar-refractivity contribution in [3.05, 3.63) is 65.6 Å². The summed E-state index contributed by atoms with van der Waals surface area (Å²) in [6.07, 6.45) is 6.92. The number of aromatic nitrogens is 2. The van der Waals surface area contributed by atoms with Gasteiger partial charge in [-0.25, -0.2) is 4.98 Å². The fourth-order valence-electron chi connectivity index (χ4n) is 3.36. The van der Waals surface area contributed by atoms with Crippen molar-refractivity contribution in [3.63, 3.8) is 0 Å². The Kier molecular flexibility index (Phi) is 5.23. The predicted molar refractivity (Wildman–Crippen MR) is 108 cm³/mol. The molecular weight excluding hydrogens is 338 g/mol. The number of nitrogens with one attached hydrogen (secondary N) is 2. The molecule has 4 rings (SSSR count). The minimum Gasteiger partial charge on any atom is -0.493 e. The molecule has 0 radical (unpaired) electrons. The third-order valence-corrected chi connectivity index (χ3v) is 4.77. The zero-order valence-electron chi connectivity index (χ0n) is 15.6. The summed E-state index contributed by atoms with van der Waals surface area (Å²) in [4.78, 5) is 8.92. The number of rotatable bonds is 6. The molecule has 140 valence electrons. The second-order valence-corrected chi connectivity index (χ2v) is 6.66. The summed E-state index contributed by atoms with van der Waals surface area (Å²) in [6.45, 7) is 2.44. The zero-order chi connectivity index (χ0) is 18.5. The Morgan fingerprint density at radius 3 is 2.93 bits per heavy atom. The van der Waals surface area contributed by atoms with Gasteiger partial charge >= 0.3 is 0 Å². The third kappa shape index (κ3) is 4.22. The molecule has 0 unspecified atom stereocenters. The van der Waals surface area contributed by atoms with Crippen molar-refractivity contribution in [1.82, 2.24) is 20.0 Å². The number of benzene rings is 1. The van der Waals surface area contributed by atoms with Gasteiger partial charge in [0.1, 0.15) is 11.4 Å². The molecule has 6 nitrogen and oxygen atoms in total. The van der Waals surface area contributed by atoms with E-state index in [0.29, 0.717) is 0 Å². The van der Waals surface area contributed by atoms with Crippen LogP contribution in [0.2, 0.25) is 0 Å². The van der Waals surface area contributed by atoms with Crippen molar-refractivity contribution in [2.75, 3.05) is 26.7 Å². The smallest absolute Gasteiger partial charge is 0.190 e. The van der Waals surface area contributed by atoms with Crippen molar-refractivity contribution in [2.45, 2.75) is 19.3 Å². The van der Waals surface area contributed by atoms with Crippen molar-refractivity contribution >= 4 is 11.6 Å². The molecular formula is C21H25N5O. The van der Waals surface area contributed by atoms with Crippen LogP contribution in [0.5, 0.6) is 5.75 Å². The molecule has 0 fully saturated rings. The highest BCUT2D eigenvalue weighted by Gasteiger charge is 2.11. The largest absolute Gasteiger partial charge is 0.493 e. The van der Waals surface area contributed by atoms with E-state index in [-0.39, 0.29) is 0 Å². The average Bonchev–Trinajstić information content (AvgIpc) is 3.32. The highest BCUT2D eigenvalue weighted by Crippen LogP contribution is 2.25. The fraction of sp³-hybridized carbons (Fsp3) is 0.333. The normalized spacial score (nSPS) is 13.4. The first-order valence-corrected chi connectivity index (χ1v) is 9.43. The first kappa shape index (κ1) is 17.4. The number of nitrogens with zero attached hydrogens (tertiary/aromatic N) is 3. The van der Waals surface area contributed by atoms with Crippen LogP contribution in [0.15, 0.2) is 53.8 Å². The van der Waals surface area contributed by atoms with Crippen LogP contribution in [-0.4, -0.2) is 42.1 Å². The lowest BCUT2D eigenvalue weighted by Gasteiger charge is -2.11. The van der Waals surface area contributed by atoms with E-state index in [2.05, 4.69) is 45.0 Å². The number of pyridine rings is 1. The van der Waals surface area contributed by atoms with E-state index < -0.39 is 0 Å². The van der Waals surface area contributed by atoms with Gasteiger partial charge in [0, 0.05) is 45.4 Å². The van der Waals surface area contributed by atoms with E-state index in [1.54, 1.807) is 7.05 Å². The molecule has 1 aromatic carbocycles. The summed E-state index contributed by atoms with van der Waals surface area (Å²) < 4.78 is 7.61. The Labute approximate surface area is 159 Å². The first-order valence-electron chi connectivity index (χ1n) is 9.43. The van der Waals surface area contributed by atoms with E-state index in [9.17, 15) is 0 Å². The molecule has 6 heteroatoms. The second-order valence-electron chi connectivity index (χ2n) is 6.66. The SMILES string of the molecule is CN=C(NCCc1ccc2c(c1)CCO2)NCCc1cn2ccccc2n1. The van der Waals surface area contributed by atoms with Crippen LogP contribution in [-0.2, 0) is 19.3 Å². The molecule has 3 heterocycles. The molecule has 2 N–H and O–H groups in total. The van der Waals surface area contributed by atoms with Crippen molar-refractivity contribution in [1.29, 1.82) is 0 Å². The number of hydrogen-bond donors (Lipinski definition) is 2. The van der Waals surface area contributed by atoms with Crippen LogP contribution in [0.3, 0.4) is 0 Å². The lowest BCUT2D eigenvalue weighted by Crippen LogP contribution is -2.39. The van der Waals surface area contributed by atoms with Gasteiger partial charge in [0.15, 0.2) is 5.96 Å². The van der Waals surface area contributed by atoms with Crippen molar-refractivity contribution in [3.8, 4) is 5.75 Å². The molecule has 1 aliphatic rings. The average molecular weight is 363 g/mol. The molecule has 0 aliphatic carbocycles. The van der Waals surface area contributed by atoms with E-state index in [1.807, 2.05) is 28.8 Å². The van der Waals surface area contributed by atoms with Crippen molar-refractivity contribution < 1.29 is 4.74 Å². The molecule has 27 heavy (non-hydrogen) atoms. The Hall–Kier alpha value is -3.02. The molecule has 1 aliphatic heterocycles. The minimum atomic E-state index is 0.791. The molecule has 0 amide bonds. The molecule has 0 saturated heterocycles. The van der Waals surface area contributed by atoms with Gasteiger partial charge in [-0.05, 0) is 35.7 Å². The van der Waals surface area contributed by atoms with Crippen LogP contribution in [0.4, 0.5) is 0 Å². The Bertz CT molecular complexity index is 914. The van der Waals surface area contributed by atoms with Gasteiger partial charge < -0.3 is 19.8 Å². The van der Waals surface area contributed by atoms with Gasteiger partial charge in [-0.2, -0.15) is 0 Å². The van der Waals surface area contributed by atoms with Crippen LogP contribution in [0.25, 0.3) is 5.65 Å². The van der Waals surface area contributed by atoms with Gasteiger partial charge in [-0.1, -0.05) is 18.2 Å². The van der Waals surface area contributed by atoms with Crippen molar-refractivity contribution in [2.24, 2.45) is 4.99 Å². The highest BCUT2D eigenvalue weighted by atomic mass is 16.5. The number of guanidine groups is 1. The summed E-state index contributed by atoms with van der Waals surface area (Å²) in [5, 5.41) is 6.74. The molecule has 0 saturated carbocycles. The lowest BCUT2D eigenvalue weighted by atomic mass is 10.1. The predicted octanol–water partition coefficient (Wildman–Crippen LogP) is 2.22. The van der Waals surface area contributed by atoms with Gasteiger partial charge in [-0.3, -0.25) is 4.99 Å². The molecule has 0 spiro atoms. The van der Waals surface area contributed by atoms with E-state index in [4.69, 9.17) is 4.74 Å². The number of ether oxygens (including phenoxy) is 1. The Balaban J connectivity index is 1.22. The van der Waals surface area contributed by atoms with Gasteiger partial charge in [0.25, 0.3) is 0 Å². The fourth-order valence-corrected chi connectivity index (χ4v) is 3.36. The van der Waals surface area contributed by atoms with Gasteiger partial charge in [0.05, 0.1) is 12.3 Å². The van der Waals surface area contributed by atoms with E-state index >= 15 is 0 Å². The summed E-state index contributed by atoms with van der Waals surface area (Å²) in [5.41, 5.74) is 4.70. The van der Waals surface area contributed by atoms with Crippen LogP contribution in [0.1, 0.15) is 16.8 Å². The summed E-state index contributed by atoms with van der Waals surface area (Å²) in [5.74, 6) is 1.86. The number of fused-ring (bicyclic) bond motifs is 2. The highest BCUT2D eigenvalue weighted by molar-refractivity contribution is 5.79. The maximum atomic E-state index is 5.56. The lowest BCUT2D eigenvalue weighted by molar-refractivity contribution is 0.357. The van der Waals surface area contributed by atoms with Crippen LogP contribution in [0, 0.1) is 0 Å². The Morgan fingerprint density at radius 2 is 2.07 bits per heavy atom. The minimum absolute atomic E-state index is 0.791. The van der Waals surface area contributed by atoms with E-state index in [1.165, 1.54) is 11.1 Å². The van der Waals surface area contributed by atoms with Crippen LogP contribution < -0.4 is 15.4 Å². The zero-order valence-corrected chi connectivity index (χ0v) is 15.6. The summed E-state index contributed by atoms with van der Waals surface area (Å²) >= 11 is 0.